The van der Waals surface area contributed by atoms with Crippen LogP contribution in [0.4, 0.5) is 5.69 Å². The van der Waals surface area contributed by atoms with Gasteiger partial charge in [0.15, 0.2) is 0 Å². The SMILES string of the molecule is COc1ncc(-c2ccc3nccc(=O)n3c2)cc1NS(=O)(=O)c1ccccc1C. The predicted octanol–water partition coefficient (Wildman–Crippen LogP) is 2.87. The molecule has 0 radical (unpaired) electrons. The highest BCUT2D eigenvalue weighted by Gasteiger charge is 2.19. The molecule has 0 bridgehead atoms. The van der Waals surface area contributed by atoms with Crippen molar-refractivity contribution < 1.29 is 13.2 Å². The van der Waals surface area contributed by atoms with E-state index in [2.05, 4.69) is 14.7 Å². The van der Waals surface area contributed by atoms with E-state index in [1.54, 1.807) is 55.7 Å². The van der Waals surface area contributed by atoms with Gasteiger partial charge in [-0.05, 0) is 36.8 Å². The number of anilines is 1. The lowest BCUT2D eigenvalue weighted by Crippen LogP contribution is -2.15. The Bertz CT molecular complexity index is 1410. The van der Waals surface area contributed by atoms with E-state index >= 15 is 0 Å². The largest absolute Gasteiger partial charge is 0.480 e. The normalized spacial score (nSPS) is 11.4. The lowest BCUT2D eigenvalue weighted by atomic mass is 10.1. The molecule has 0 fully saturated rings. The minimum Gasteiger partial charge on any atom is -0.480 e. The second-order valence-electron chi connectivity index (χ2n) is 6.58. The van der Waals surface area contributed by atoms with E-state index in [0.29, 0.717) is 22.3 Å². The molecule has 30 heavy (non-hydrogen) atoms. The average molecular weight is 422 g/mol. The molecule has 0 aliphatic carbocycles. The van der Waals surface area contributed by atoms with E-state index in [1.165, 1.54) is 29.8 Å². The van der Waals surface area contributed by atoms with Crippen LogP contribution in [0.2, 0.25) is 0 Å². The Morgan fingerprint density at radius 2 is 1.83 bits per heavy atom. The molecule has 0 spiro atoms. The number of nitrogens with zero attached hydrogens (tertiary/aromatic N) is 3. The summed E-state index contributed by atoms with van der Waals surface area (Å²) in [7, 11) is -2.44. The number of aryl methyl sites for hydroxylation is 1. The minimum atomic E-state index is -3.85. The number of sulfonamides is 1. The van der Waals surface area contributed by atoms with E-state index < -0.39 is 10.0 Å². The lowest BCUT2D eigenvalue weighted by Gasteiger charge is -2.14. The summed E-state index contributed by atoms with van der Waals surface area (Å²) in [5.74, 6) is 0.135. The third-order valence-corrected chi connectivity index (χ3v) is 6.12. The number of ether oxygens (including phenoxy) is 1. The second-order valence-corrected chi connectivity index (χ2v) is 8.23. The van der Waals surface area contributed by atoms with Crippen molar-refractivity contribution >= 4 is 21.4 Å². The summed E-state index contributed by atoms with van der Waals surface area (Å²) in [6.07, 6.45) is 4.63. The molecular formula is C21H18N4O4S. The van der Waals surface area contributed by atoms with Gasteiger partial charge in [0, 0.05) is 35.8 Å². The monoisotopic (exact) mass is 422 g/mol. The maximum Gasteiger partial charge on any atom is 0.262 e. The third-order valence-electron chi connectivity index (χ3n) is 4.59. The van der Waals surface area contributed by atoms with Crippen molar-refractivity contribution in [3.8, 4) is 17.0 Å². The Balaban J connectivity index is 1.79. The first kappa shape index (κ1) is 19.6. The summed E-state index contributed by atoms with van der Waals surface area (Å²) in [5, 5.41) is 0. The van der Waals surface area contributed by atoms with Gasteiger partial charge in [0.2, 0.25) is 5.88 Å². The molecule has 3 aromatic heterocycles. The number of rotatable bonds is 5. The first-order chi connectivity index (χ1) is 14.4. The average Bonchev–Trinajstić information content (AvgIpc) is 2.74. The molecule has 1 N–H and O–H groups in total. The van der Waals surface area contributed by atoms with Crippen molar-refractivity contribution in [1.29, 1.82) is 0 Å². The molecule has 0 amide bonds. The van der Waals surface area contributed by atoms with Crippen LogP contribution in [0.25, 0.3) is 16.8 Å². The number of hydrogen-bond donors (Lipinski definition) is 1. The summed E-state index contributed by atoms with van der Waals surface area (Å²) in [4.78, 5) is 20.6. The van der Waals surface area contributed by atoms with Crippen LogP contribution in [0.3, 0.4) is 0 Å². The van der Waals surface area contributed by atoms with Gasteiger partial charge in [-0.3, -0.25) is 13.9 Å². The topological polar surface area (TPSA) is 103 Å². The molecule has 9 heteroatoms. The fourth-order valence-electron chi connectivity index (χ4n) is 3.11. The van der Waals surface area contributed by atoms with E-state index in [4.69, 9.17) is 4.74 Å². The van der Waals surface area contributed by atoms with Crippen LogP contribution in [0.5, 0.6) is 5.88 Å². The summed E-state index contributed by atoms with van der Waals surface area (Å²) >= 11 is 0. The van der Waals surface area contributed by atoms with Gasteiger partial charge in [-0.25, -0.2) is 18.4 Å². The molecular weight excluding hydrogens is 404 g/mol. The Kier molecular flexibility index (Phi) is 4.96. The summed E-state index contributed by atoms with van der Waals surface area (Å²) in [6, 6.07) is 13.2. The van der Waals surface area contributed by atoms with Gasteiger partial charge in [-0.1, -0.05) is 18.2 Å². The van der Waals surface area contributed by atoms with Gasteiger partial charge >= 0.3 is 0 Å². The van der Waals surface area contributed by atoms with Gasteiger partial charge in [-0.15, -0.1) is 0 Å². The fraction of sp³-hybridized carbons (Fsp3) is 0.0952. The maximum absolute atomic E-state index is 12.9. The molecule has 0 saturated carbocycles. The van der Waals surface area contributed by atoms with Gasteiger partial charge in [-0.2, -0.15) is 0 Å². The standard InChI is InChI=1S/C21H18N4O4S/c1-14-5-3-4-6-18(14)30(27,28)24-17-11-16(12-23-21(17)29-2)15-7-8-19-22-10-9-20(26)25(19)13-15/h3-13,24H,1-2H3. The highest BCUT2D eigenvalue weighted by atomic mass is 32.2. The van der Waals surface area contributed by atoms with Crippen LogP contribution in [-0.4, -0.2) is 29.9 Å². The zero-order valence-corrected chi connectivity index (χ0v) is 17.1. The second kappa shape index (κ2) is 7.60. The summed E-state index contributed by atoms with van der Waals surface area (Å²) in [5.41, 5.74) is 2.38. The van der Waals surface area contributed by atoms with Crippen molar-refractivity contribution in [1.82, 2.24) is 14.4 Å². The van der Waals surface area contributed by atoms with Crippen LogP contribution < -0.4 is 15.0 Å². The van der Waals surface area contributed by atoms with Gasteiger partial charge < -0.3 is 4.74 Å². The summed E-state index contributed by atoms with van der Waals surface area (Å²) in [6.45, 7) is 1.72. The number of benzene rings is 1. The van der Waals surface area contributed by atoms with E-state index in [-0.39, 0.29) is 22.0 Å². The molecule has 152 valence electrons. The number of methoxy groups -OCH3 is 1. The van der Waals surface area contributed by atoms with E-state index in [1.807, 2.05) is 0 Å². The third kappa shape index (κ3) is 3.62. The molecule has 0 unspecified atom stereocenters. The van der Waals surface area contributed by atoms with Crippen LogP contribution in [-0.2, 0) is 10.0 Å². The maximum atomic E-state index is 12.9. The Morgan fingerprint density at radius 3 is 2.60 bits per heavy atom. The van der Waals surface area contributed by atoms with Crippen molar-refractivity contribution in [3.05, 3.63) is 83.0 Å². The first-order valence-electron chi connectivity index (χ1n) is 8.99. The number of pyridine rings is 2. The fourth-order valence-corrected chi connectivity index (χ4v) is 4.40. The summed E-state index contributed by atoms with van der Waals surface area (Å²) < 4.78 is 35.0. The van der Waals surface area contributed by atoms with E-state index in [9.17, 15) is 13.2 Å². The minimum absolute atomic E-state index is 0.135. The molecule has 1 aromatic carbocycles. The van der Waals surface area contributed by atoms with Crippen LogP contribution >= 0.6 is 0 Å². The van der Waals surface area contributed by atoms with Gasteiger partial charge in [0.05, 0.1) is 12.0 Å². The quantitative estimate of drug-likeness (QED) is 0.531. The van der Waals surface area contributed by atoms with Crippen molar-refractivity contribution in [2.45, 2.75) is 11.8 Å². The van der Waals surface area contributed by atoms with Crippen molar-refractivity contribution in [2.75, 3.05) is 11.8 Å². The zero-order valence-electron chi connectivity index (χ0n) is 16.2. The zero-order chi connectivity index (χ0) is 21.3. The van der Waals surface area contributed by atoms with Gasteiger partial charge in [0.25, 0.3) is 15.6 Å². The molecule has 0 saturated heterocycles. The van der Waals surface area contributed by atoms with Crippen molar-refractivity contribution in [2.24, 2.45) is 0 Å². The molecule has 0 atom stereocenters. The number of hydrogen-bond acceptors (Lipinski definition) is 6. The van der Waals surface area contributed by atoms with Crippen molar-refractivity contribution in [3.63, 3.8) is 0 Å². The van der Waals surface area contributed by atoms with Crippen LogP contribution in [0, 0.1) is 6.92 Å². The number of nitrogens with one attached hydrogen (secondary N) is 1. The number of fused-ring (bicyclic) bond motifs is 1. The Hall–Kier alpha value is -3.72. The first-order valence-corrected chi connectivity index (χ1v) is 10.5. The highest BCUT2D eigenvalue weighted by molar-refractivity contribution is 7.92. The van der Waals surface area contributed by atoms with E-state index in [0.717, 1.165) is 0 Å². The predicted molar refractivity (Wildman–Crippen MR) is 113 cm³/mol. The smallest absolute Gasteiger partial charge is 0.262 e. The van der Waals surface area contributed by atoms with Crippen LogP contribution in [0.1, 0.15) is 5.56 Å². The molecule has 0 aliphatic rings. The van der Waals surface area contributed by atoms with Crippen LogP contribution in [0.15, 0.2) is 76.8 Å². The van der Waals surface area contributed by atoms with Gasteiger partial charge in [0.1, 0.15) is 11.3 Å². The lowest BCUT2D eigenvalue weighted by molar-refractivity contribution is 0.400. The molecule has 3 heterocycles. The highest BCUT2D eigenvalue weighted by Crippen LogP contribution is 2.30. The number of aromatic nitrogens is 3. The molecule has 4 rings (SSSR count). The Labute approximate surface area is 172 Å². The molecule has 0 aliphatic heterocycles. The Morgan fingerprint density at radius 1 is 1.03 bits per heavy atom. The molecule has 8 nitrogen and oxygen atoms in total. The molecule has 4 aromatic rings.